The molecule has 0 heterocycles. The molecule has 0 saturated heterocycles. The van der Waals surface area contributed by atoms with Gasteiger partial charge in [-0.05, 0) is 48.9 Å². The summed E-state index contributed by atoms with van der Waals surface area (Å²) >= 11 is 0. The fourth-order valence-corrected chi connectivity index (χ4v) is 2.17. The van der Waals surface area contributed by atoms with E-state index in [4.69, 9.17) is 18.9 Å². The first-order chi connectivity index (χ1) is 13.1. The Morgan fingerprint density at radius 2 is 1.63 bits per heavy atom. The van der Waals surface area contributed by atoms with Crippen molar-refractivity contribution in [1.29, 1.82) is 0 Å². The van der Waals surface area contributed by atoms with Gasteiger partial charge < -0.3 is 18.9 Å². The van der Waals surface area contributed by atoms with Gasteiger partial charge in [0.25, 0.3) is 0 Å². The van der Waals surface area contributed by atoms with Gasteiger partial charge in [0.15, 0.2) is 0 Å². The van der Waals surface area contributed by atoms with Crippen LogP contribution in [0.15, 0.2) is 48.5 Å². The summed E-state index contributed by atoms with van der Waals surface area (Å²) in [7, 11) is 1.53. The quantitative estimate of drug-likeness (QED) is 0.358. The fraction of sp³-hybridized carbons (Fsp3) is 0.333. The molecule has 27 heavy (non-hydrogen) atoms. The molecule has 0 fully saturated rings. The van der Waals surface area contributed by atoms with Crippen molar-refractivity contribution in [3.8, 4) is 11.5 Å². The molecule has 0 N–H and O–H groups in total. The second-order valence-electron chi connectivity index (χ2n) is 5.77. The van der Waals surface area contributed by atoms with Crippen LogP contribution in [-0.2, 0) is 9.47 Å². The molecule has 0 aliphatic rings. The first-order valence-electron chi connectivity index (χ1n) is 8.85. The van der Waals surface area contributed by atoms with E-state index in [1.165, 1.54) is 7.11 Å². The zero-order chi connectivity index (χ0) is 19.5. The Labute approximate surface area is 159 Å². The lowest BCUT2D eigenvalue weighted by molar-refractivity contribution is 0.0388. The van der Waals surface area contributed by atoms with Crippen molar-refractivity contribution in [2.24, 2.45) is 0 Å². The van der Waals surface area contributed by atoms with Crippen LogP contribution in [0.4, 0.5) is 0 Å². The Balaban J connectivity index is 1.93. The van der Waals surface area contributed by atoms with Crippen molar-refractivity contribution < 1.29 is 28.5 Å². The van der Waals surface area contributed by atoms with E-state index in [1.54, 1.807) is 48.5 Å². The fourth-order valence-electron chi connectivity index (χ4n) is 2.17. The van der Waals surface area contributed by atoms with E-state index in [1.807, 2.05) is 0 Å². The van der Waals surface area contributed by atoms with Crippen LogP contribution < -0.4 is 9.47 Å². The number of hydrogen-bond acceptors (Lipinski definition) is 6. The minimum Gasteiger partial charge on any atom is -0.494 e. The van der Waals surface area contributed by atoms with E-state index in [2.05, 4.69) is 6.92 Å². The lowest BCUT2D eigenvalue weighted by Crippen LogP contribution is -2.11. The number of hydrogen-bond donors (Lipinski definition) is 0. The van der Waals surface area contributed by atoms with E-state index in [9.17, 15) is 9.59 Å². The van der Waals surface area contributed by atoms with Crippen LogP contribution >= 0.6 is 0 Å². The molecule has 2 rings (SSSR count). The Bertz CT molecular complexity index is 739. The molecule has 0 spiro atoms. The minimum atomic E-state index is -0.494. The average Bonchev–Trinajstić information content (AvgIpc) is 2.69. The molecule has 0 amide bonds. The molecule has 2 aromatic carbocycles. The van der Waals surface area contributed by atoms with Gasteiger partial charge in [-0.2, -0.15) is 0 Å². The summed E-state index contributed by atoms with van der Waals surface area (Å²) in [6.07, 6.45) is 1.99. The normalized spacial score (nSPS) is 10.3. The number of carbonyl (C=O) groups excluding carboxylic acids is 2. The molecule has 0 radical (unpaired) electrons. The van der Waals surface area contributed by atoms with Crippen LogP contribution in [-0.4, -0.2) is 38.9 Å². The third-order valence-electron chi connectivity index (χ3n) is 3.66. The third kappa shape index (κ3) is 6.75. The highest BCUT2D eigenvalue weighted by Gasteiger charge is 2.11. The maximum absolute atomic E-state index is 12.3. The Morgan fingerprint density at radius 3 is 2.33 bits per heavy atom. The summed E-state index contributed by atoms with van der Waals surface area (Å²) in [6, 6.07) is 13.0. The second-order valence-corrected chi connectivity index (χ2v) is 5.77. The molecule has 144 valence electrons. The molecule has 0 aliphatic heterocycles. The SMILES string of the molecule is CCCCOc1cccc(C(=O)Oc2ccc(C(=O)OCCOC)cc2)c1. The topological polar surface area (TPSA) is 71.1 Å². The molecular weight excluding hydrogens is 348 g/mol. The van der Waals surface area contributed by atoms with Gasteiger partial charge in [0.2, 0.25) is 0 Å². The van der Waals surface area contributed by atoms with Crippen LogP contribution in [0.5, 0.6) is 11.5 Å². The Kier molecular flexibility index (Phi) is 8.32. The van der Waals surface area contributed by atoms with Gasteiger partial charge in [-0.25, -0.2) is 9.59 Å². The zero-order valence-corrected chi connectivity index (χ0v) is 15.6. The number of esters is 2. The first kappa shape index (κ1) is 20.5. The smallest absolute Gasteiger partial charge is 0.343 e. The van der Waals surface area contributed by atoms with E-state index in [0.717, 1.165) is 12.8 Å². The van der Waals surface area contributed by atoms with Crippen LogP contribution in [0.2, 0.25) is 0 Å². The summed E-state index contributed by atoms with van der Waals surface area (Å²) in [5.41, 5.74) is 0.768. The van der Waals surface area contributed by atoms with Crippen molar-refractivity contribution in [3.05, 3.63) is 59.7 Å². The molecule has 0 atom stereocenters. The average molecular weight is 372 g/mol. The summed E-state index contributed by atoms with van der Waals surface area (Å²) < 4.78 is 20.8. The number of ether oxygens (including phenoxy) is 4. The lowest BCUT2D eigenvalue weighted by atomic mass is 10.2. The monoisotopic (exact) mass is 372 g/mol. The molecule has 0 bridgehead atoms. The molecule has 0 aliphatic carbocycles. The van der Waals surface area contributed by atoms with Crippen LogP contribution in [0.25, 0.3) is 0 Å². The van der Waals surface area contributed by atoms with Crippen LogP contribution in [0, 0.1) is 0 Å². The maximum Gasteiger partial charge on any atom is 0.343 e. The molecule has 0 aromatic heterocycles. The molecule has 6 nitrogen and oxygen atoms in total. The van der Waals surface area contributed by atoms with Gasteiger partial charge in [-0.3, -0.25) is 0 Å². The van der Waals surface area contributed by atoms with Crippen molar-refractivity contribution in [2.75, 3.05) is 26.9 Å². The predicted molar refractivity (Wildman–Crippen MR) is 100 cm³/mol. The van der Waals surface area contributed by atoms with Crippen LogP contribution in [0.3, 0.4) is 0 Å². The van der Waals surface area contributed by atoms with Gasteiger partial charge >= 0.3 is 11.9 Å². The molecule has 2 aromatic rings. The molecule has 6 heteroatoms. The molecular formula is C21H24O6. The summed E-state index contributed by atoms with van der Waals surface area (Å²) in [5, 5.41) is 0. The largest absolute Gasteiger partial charge is 0.494 e. The number of carbonyl (C=O) groups is 2. The van der Waals surface area contributed by atoms with Crippen molar-refractivity contribution in [3.63, 3.8) is 0 Å². The summed E-state index contributed by atoms with van der Waals surface area (Å²) in [6.45, 7) is 3.21. The highest BCUT2D eigenvalue weighted by molar-refractivity contribution is 5.92. The molecule has 0 saturated carbocycles. The summed E-state index contributed by atoms with van der Waals surface area (Å²) in [4.78, 5) is 24.1. The summed E-state index contributed by atoms with van der Waals surface area (Å²) in [5.74, 6) is 0.0195. The predicted octanol–water partition coefficient (Wildman–Crippen LogP) is 3.89. The zero-order valence-electron chi connectivity index (χ0n) is 15.6. The minimum absolute atomic E-state index is 0.183. The Hall–Kier alpha value is -2.86. The van der Waals surface area contributed by atoms with Crippen molar-refractivity contribution >= 4 is 11.9 Å². The van der Waals surface area contributed by atoms with Gasteiger partial charge in [0, 0.05) is 7.11 Å². The van der Waals surface area contributed by atoms with Gasteiger partial charge in [-0.15, -0.1) is 0 Å². The van der Waals surface area contributed by atoms with E-state index in [-0.39, 0.29) is 6.61 Å². The number of rotatable bonds is 10. The van der Waals surface area contributed by atoms with E-state index >= 15 is 0 Å². The van der Waals surface area contributed by atoms with Crippen molar-refractivity contribution in [1.82, 2.24) is 0 Å². The van der Waals surface area contributed by atoms with Crippen molar-refractivity contribution in [2.45, 2.75) is 19.8 Å². The van der Waals surface area contributed by atoms with Gasteiger partial charge in [0.1, 0.15) is 18.1 Å². The number of unbranched alkanes of at least 4 members (excludes halogenated alkanes) is 1. The lowest BCUT2D eigenvalue weighted by Gasteiger charge is -2.08. The Morgan fingerprint density at radius 1 is 0.852 bits per heavy atom. The highest BCUT2D eigenvalue weighted by atomic mass is 16.6. The third-order valence-corrected chi connectivity index (χ3v) is 3.66. The van der Waals surface area contributed by atoms with Gasteiger partial charge in [-0.1, -0.05) is 19.4 Å². The first-order valence-corrected chi connectivity index (χ1v) is 8.85. The maximum atomic E-state index is 12.3. The number of benzene rings is 2. The van der Waals surface area contributed by atoms with E-state index in [0.29, 0.717) is 35.8 Å². The number of methoxy groups -OCH3 is 1. The van der Waals surface area contributed by atoms with Crippen LogP contribution in [0.1, 0.15) is 40.5 Å². The van der Waals surface area contributed by atoms with Gasteiger partial charge in [0.05, 0.1) is 24.3 Å². The standard InChI is InChI=1S/C21H24O6/c1-3-4-12-25-19-7-5-6-17(15-19)21(23)27-18-10-8-16(9-11-18)20(22)26-14-13-24-2/h5-11,15H,3-4,12-14H2,1-2H3. The molecule has 0 unspecified atom stereocenters. The highest BCUT2D eigenvalue weighted by Crippen LogP contribution is 2.18. The second kappa shape index (κ2) is 11.0. The van der Waals surface area contributed by atoms with E-state index < -0.39 is 11.9 Å².